The molecular formula is C12H15BrFNO3. The summed E-state index contributed by atoms with van der Waals surface area (Å²) in [6.07, 6.45) is -2.01. The summed E-state index contributed by atoms with van der Waals surface area (Å²) in [6.45, 7) is 3.32. The van der Waals surface area contributed by atoms with Gasteiger partial charge in [-0.15, -0.1) is 0 Å². The summed E-state index contributed by atoms with van der Waals surface area (Å²) in [5, 5.41) is 9.83. The van der Waals surface area contributed by atoms with E-state index in [1.165, 1.54) is 6.07 Å². The first kappa shape index (κ1) is 14.9. The predicted molar refractivity (Wildman–Crippen MR) is 69.0 cm³/mol. The number of rotatable bonds is 4. The van der Waals surface area contributed by atoms with E-state index in [2.05, 4.69) is 20.7 Å². The van der Waals surface area contributed by atoms with Gasteiger partial charge in [-0.3, -0.25) is 0 Å². The zero-order chi connectivity index (χ0) is 13.9. The quantitative estimate of drug-likeness (QED) is 0.836. The number of benzene rings is 1. The van der Waals surface area contributed by atoms with Crippen molar-refractivity contribution in [3.05, 3.63) is 27.7 Å². The molecule has 6 heteroatoms. The fourth-order valence-corrected chi connectivity index (χ4v) is 2.13. The molecule has 1 aromatic rings. The lowest BCUT2D eigenvalue weighted by Crippen LogP contribution is -2.31. The number of alkyl halides is 1. The monoisotopic (exact) mass is 319 g/mol. The Morgan fingerprint density at radius 1 is 1.61 bits per heavy atom. The molecule has 0 fully saturated rings. The SMILES string of the molecule is CCOC(=O)C(F)[C@H](N)c1cc(Br)cc(C)c1O. The Labute approximate surface area is 113 Å². The average molecular weight is 320 g/mol. The van der Waals surface area contributed by atoms with E-state index in [1.54, 1.807) is 19.9 Å². The molecule has 0 amide bonds. The molecule has 0 saturated carbocycles. The van der Waals surface area contributed by atoms with E-state index >= 15 is 0 Å². The lowest BCUT2D eigenvalue weighted by Gasteiger charge is -2.18. The molecule has 18 heavy (non-hydrogen) atoms. The summed E-state index contributed by atoms with van der Waals surface area (Å²) < 4.78 is 19.0. The fourth-order valence-electron chi connectivity index (χ4n) is 1.54. The summed E-state index contributed by atoms with van der Waals surface area (Å²) in [6, 6.07) is 1.89. The second kappa shape index (κ2) is 6.15. The molecule has 0 spiro atoms. The molecule has 0 bridgehead atoms. The van der Waals surface area contributed by atoms with Gasteiger partial charge in [0, 0.05) is 10.0 Å². The van der Waals surface area contributed by atoms with E-state index in [1.807, 2.05) is 0 Å². The van der Waals surface area contributed by atoms with Crippen LogP contribution in [-0.4, -0.2) is 23.9 Å². The molecule has 0 saturated heterocycles. The van der Waals surface area contributed by atoms with Gasteiger partial charge in [-0.2, -0.15) is 0 Å². The van der Waals surface area contributed by atoms with Crippen LogP contribution >= 0.6 is 15.9 Å². The number of carbonyl (C=O) groups is 1. The van der Waals surface area contributed by atoms with E-state index < -0.39 is 18.2 Å². The highest BCUT2D eigenvalue weighted by molar-refractivity contribution is 9.10. The van der Waals surface area contributed by atoms with Gasteiger partial charge in [-0.1, -0.05) is 15.9 Å². The third kappa shape index (κ3) is 3.20. The number of hydrogen-bond donors (Lipinski definition) is 2. The van der Waals surface area contributed by atoms with Gasteiger partial charge in [-0.05, 0) is 31.5 Å². The van der Waals surface area contributed by atoms with Crippen molar-refractivity contribution in [2.24, 2.45) is 5.73 Å². The van der Waals surface area contributed by atoms with Crippen LogP contribution in [-0.2, 0) is 9.53 Å². The molecule has 0 aliphatic rings. The standard InChI is InChI=1S/C12H15BrFNO3/c1-3-18-12(17)9(14)10(15)8-5-7(13)4-6(2)11(8)16/h4-5,9-10,16H,3,15H2,1-2H3/t9?,10-/m1/s1. The van der Waals surface area contributed by atoms with Gasteiger partial charge in [0.15, 0.2) is 0 Å². The number of ether oxygens (including phenoxy) is 1. The second-order valence-electron chi connectivity index (χ2n) is 3.84. The first-order chi connectivity index (χ1) is 8.38. The summed E-state index contributed by atoms with van der Waals surface area (Å²) in [7, 11) is 0. The number of phenols is 1. The summed E-state index contributed by atoms with van der Waals surface area (Å²) in [5.74, 6) is -1.14. The largest absolute Gasteiger partial charge is 0.507 e. The van der Waals surface area contributed by atoms with Crippen LogP contribution in [0.15, 0.2) is 16.6 Å². The van der Waals surface area contributed by atoms with Gasteiger partial charge < -0.3 is 15.6 Å². The Morgan fingerprint density at radius 2 is 2.22 bits per heavy atom. The first-order valence-corrected chi connectivity index (χ1v) is 6.23. The highest BCUT2D eigenvalue weighted by atomic mass is 79.9. The minimum absolute atomic E-state index is 0.0788. The normalized spacial score (nSPS) is 14.1. The molecule has 4 nitrogen and oxygen atoms in total. The van der Waals surface area contributed by atoms with Crippen molar-refractivity contribution in [2.75, 3.05) is 6.61 Å². The number of halogens is 2. The van der Waals surface area contributed by atoms with E-state index in [4.69, 9.17) is 5.73 Å². The van der Waals surface area contributed by atoms with E-state index in [9.17, 15) is 14.3 Å². The topological polar surface area (TPSA) is 72.5 Å². The zero-order valence-corrected chi connectivity index (χ0v) is 11.7. The van der Waals surface area contributed by atoms with Crippen LogP contribution in [0.2, 0.25) is 0 Å². The number of esters is 1. The van der Waals surface area contributed by atoms with E-state index in [-0.39, 0.29) is 17.9 Å². The Kier molecular flexibility index (Phi) is 5.10. The Balaban J connectivity index is 3.03. The third-order valence-corrected chi connectivity index (χ3v) is 2.94. The molecule has 0 aliphatic heterocycles. The van der Waals surface area contributed by atoms with Gasteiger partial charge in [0.25, 0.3) is 0 Å². The molecule has 0 aromatic heterocycles. The second-order valence-corrected chi connectivity index (χ2v) is 4.76. The van der Waals surface area contributed by atoms with E-state index in [0.717, 1.165) is 0 Å². The predicted octanol–water partition coefficient (Wildman–Crippen LogP) is 2.36. The molecule has 0 heterocycles. The fraction of sp³-hybridized carbons (Fsp3) is 0.417. The van der Waals surface area contributed by atoms with Crippen molar-refractivity contribution in [3.63, 3.8) is 0 Å². The molecule has 2 atom stereocenters. The molecule has 1 aromatic carbocycles. The van der Waals surface area contributed by atoms with Crippen LogP contribution in [0.4, 0.5) is 4.39 Å². The maximum atomic E-state index is 13.8. The molecular weight excluding hydrogens is 305 g/mol. The van der Waals surface area contributed by atoms with Crippen molar-refractivity contribution in [1.29, 1.82) is 0 Å². The van der Waals surface area contributed by atoms with Gasteiger partial charge >= 0.3 is 5.97 Å². The number of nitrogens with two attached hydrogens (primary N) is 1. The number of hydrogen-bond acceptors (Lipinski definition) is 4. The van der Waals surface area contributed by atoms with Crippen molar-refractivity contribution in [1.82, 2.24) is 0 Å². The van der Waals surface area contributed by atoms with Crippen molar-refractivity contribution >= 4 is 21.9 Å². The molecule has 100 valence electrons. The highest BCUT2D eigenvalue weighted by Gasteiger charge is 2.30. The van der Waals surface area contributed by atoms with Crippen LogP contribution in [0, 0.1) is 6.92 Å². The van der Waals surface area contributed by atoms with Gasteiger partial charge in [0.2, 0.25) is 6.17 Å². The maximum absolute atomic E-state index is 13.8. The Hall–Kier alpha value is -1.14. The average Bonchev–Trinajstić information content (AvgIpc) is 2.32. The Morgan fingerprint density at radius 3 is 2.78 bits per heavy atom. The van der Waals surface area contributed by atoms with Crippen LogP contribution in [0.5, 0.6) is 5.75 Å². The molecule has 1 unspecified atom stereocenters. The minimum Gasteiger partial charge on any atom is -0.507 e. The lowest BCUT2D eigenvalue weighted by atomic mass is 10.00. The van der Waals surface area contributed by atoms with Gasteiger partial charge in [0.1, 0.15) is 5.75 Å². The van der Waals surface area contributed by atoms with Gasteiger partial charge in [-0.25, -0.2) is 9.18 Å². The number of aromatic hydroxyl groups is 1. The van der Waals surface area contributed by atoms with Gasteiger partial charge in [0.05, 0.1) is 12.6 Å². The third-order valence-electron chi connectivity index (χ3n) is 2.48. The number of aryl methyl sites for hydroxylation is 1. The van der Waals surface area contributed by atoms with Crippen LogP contribution in [0.1, 0.15) is 24.1 Å². The summed E-state index contributed by atoms with van der Waals surface area (Å²) in [4.78, 5) is 11.3. The maximum Gasteiger partial charge on any atom is 0.342 e. The molecule has 0 radical (unpaired) electrons. The smallest absolute Gasteiger partial charge is 0.342 e. The highest BCUT2D eigenvalue weighted by Crippen LogP contribution is 2.32. The van der Waals surface area contributed by atoms with E-state index in [0.29, 0.717) is 10.0 Å². The van der Waals surface area contributed by atoms with Crippen molar-refractivity contribution in [3.8, 4) is 5.75 Å². The zero-order valence-electron chi connectivity index (χ0n) is 10.1. The number of carbonyl (C=O) groups excluding carboxylic acids is 1. The molecule has 1 rings (SSSR count). The van der Waals surface area contributed by atoms with Crippen LogP contribution in [0.25, 0.3) is 0 Å². The van der Waals surface area contributed by atoms with Crippen LogP contribution < -0.4 is 5.73 Å². The molecule has 3 N–H and O–H groups in total. The Bertz CT molecular complexity index is 453. The lowest BCUT2D eigenvalue weighted by molar-refractivity contribution is -0.149. The number of phenolic OH excluding ortho intramolecular Hbond substituents is 1. The van der Waals surface area contributed by atoms with Crippen LogP contribution in [0.3, 0.4) is 0 Å². The molecule has 0 aliphatic carbocycles. The minimum atomic E-state index is -2.01. The summed E-state index contributed by atoms with van der Waals surface area (Å²) >= 11 is 3.23. The van der Waals surface area contributed by atoms with Crippen molar-refractivity contribution < 1.29 is 19.0 Å². The first-order valence-electron chi connectivity index (χ1n) is 5.43. The summed E-state index contributed by atoms with van der Waals surface area (Å²) in [5.41, 5.74) is 6.37. The van der Waals surface area contributed by atoms with Crippen molar-refractivity contribution in [2.45, 2.75) is 26.1 Å².